The van der Waals surface area contributed by atoms with E-state index in [1.807, 2.05) is 44.1 Å². The van der Waals surface area contributed by atoms with E-state index in [1.165, 1.54) is 11.3 Å². The SMILES string of the molecule is Cc1ccc(NC(=O)c2csc(CN)n2)cc1N(C)C. The van der Waals surface area contributed by atoms with Gasteiger partial charge in [-0.25, -0.2) is 4.98 Å². The average Bonchev–Trinajstić information content (AvgIpc) is 2.89. The van der Waals surface area contributed by atoms with Crippen molar-refractivity contribution in [1.82, 2.24) is 4.98 Å². The van der Waals surface area contributed by atoms with Gasteiger partial charge in [0.2, 0.25) is 0 Å². The molecule has 0 unspecified atom stereocenters. The number of rotatable bonds is 4. The van der Waals surface area contributed by atoms with Crippen LogP contribution in [0.1, 0.15) is 21.1 Å². The molecule has 2 rings (SSSR count). The number of anilines is 2. The van der Waals surface area contributed by atoms with Crippen LogP contribution in [0, 0.1) is 6.92 Å². The lowest BCUT2D eigenvalue weighted by atomic mass is 10.1. The molecule has 0 aliphatic carbocycles. The summed E-state index contributed by atoms with van der Waals surface area (Å²) in [6.45, 7) is 2.39. The highest BCUT2D eigenvalue weighted by Gasteiger charge is 2.11. The molecule has 0 atom stereocenters. The number of nitrogens with two attached hydrogens (primary N) is 1. The van der Waals surface area contributed by atoms with Crippen molar-refractivity contribution in [3.63, 3.8) is 0 Å². The maximum Gasteiger partial charge on any atom is 0.275 e. The van der Waals surface area contributed by atoms with Crippen LogP contribution in [0.25, 0.3) is 0 Å². The maximum atomic E-state index is 12.1. The molecular weight excluding hydrogens is 272 g/mol. The number of hydrogen-bond acceptors (Lipinski definition) is 5. The van der Waals surface area contributed by atoms with Gasteiger partial charge in [0.05, 0.1) is 0 Å². The summed E-state index contributed by atoms with van der Waals surface area (Å²) in [5, 5.41) is 5.33. The molecule has 1 amide bonds. The van der Waals surface area contributed by atoms with Gasteiger partial charge in [-0.15, -0.1) is 11.3 Å². The Morgan fingerprint density at radius 3 is 2.80 bits per heavy atom. The van der Waals surface area contributed by atoms with Crippen LogP contribution in [0.3, 0.4) is 0 Å². The Hall–Kier alpha value is -1.92. The lowest BCUT2D eigenvalue weighted by molar-refractivity contribution is 0.102. The summed E-state index contributed by atoms with van der Waals surface area (Å²) in [6, 6.07) is 5.82. The minimum Gasteiger partial charge on any atom is -0.377 e. The summed E-state index contributed by atoms with van der Waals surface area (Å²) in [5.74, 6) is -0.213. The van der Waals surface area contributed by atoms with Gasteiger partial charge < -0.3 is 16.0 Å². The van der Waals surface area contributed by atoms with Crippen molar-refractivity contribution in [1.29, 1.82) is 0 Å². The number of nitrogens with zero attached hydrogens (tertiary/aromatic N) is 2. The Kier molecular flexibility index (Phi) is 4.36. The van der Waals surface area contributed by atoms with E-state index in [-0.39, 0.29) is 5.91 Å². The number of amides is 1. The zero-order chi connectivity index (χ0) is 14.7. The predicted octanol–water partition coefficient (Wildman–Crippen LogP) is 2.23. The number of nitrogens with one attached hydrogen (secondary N) is 1. The molecule has 106 valence electrons. The highest BCUT2D eigenvalue weighted by Crippen LogP contribution is 2.23. The lowest BCUT2D eigenvalue weighted by Gasteiger charge is -2.17. The number of hydrogen-bond donors (Lipinski definition) is 2. The van der Waals surface area contributed by atoms with Gasteiger partial charge in [0.1, 0.15) is 10.7 Å². The molecular formula is C14H18N4OS. The second-order valence-electron chi connectivity index (χ2n) is 4.68. The van der Waals surface area contributed by atoms with Crippen molar-refractivity contribution in [3.05, 3.63) is 39.8 Å². The molecule has 1 heterocycles. The standard InChI is InChI=1S/C14H18N4OS/c1-9-4-5-10(6-12(9)18(2)3)16-14(19)11-8-20-13(7-15)17-11/h4-6,8H,7,15H2,1-3H3,(H,16,19). The molecule has 0 saturated heterocycles. The number of aromatic nitrogens is 1. The van der Waals surface area contributed by atoms with Crippen molar-refractivity contribution in [2.45, 2.75) is 13.5 Å². The second kappa shape index (κ2) is 6.02. The lowest BCUT2D eigenvalue weighted by Crippen LogP contribution is -2.14. The first-order valence-electron chi connectivity index (χ1n) is 6.25. The summed E-state index contributed by atoms with van der Waals surface area (Å²) in [5.41, 5.74) is 8.89. The number of thiazole rings is 1. The van der Waals surface area contributed by atoms with Crippen LogP contribution >= 0.6 is 11.3 Å². The van der Waals surface area contributed by atoms with E-state index in [0.717, 1.165) is 21.9 Å². The summed E-state index contributed by atoms with van der Waals surface area (Å²) in [6.07, 6.45) is 0. The molecule has 0 spiro atoms. The zero-order valence-electron chi connectivity index (χ0n) is 11.8. The summed E-state index contributed by atoms with van der Waals surface area (Å²) < 4.78 is 0. The van der Waals surface area contributed by atoms with Crippen LogP contribution < -0.4 is 16.0 Å². The average molecular weight is 290 g/mol. The summed E-state index contributed by atoms with van der Waals surface area (Å²) in [4.78, 5) is 18.3. The monoisotopic (exact) mass is 290 g/mol. The minimum absolute atomic E-state index is 0.213. The molecule has 0 radical (unpaired) electrons. The molecule has 6 heteroatoms. The quantitative estimate of drug-likeness (QED) is 0.906. The topological polar surface area (TPSA) is 71.2 Å². The van der Waals surface area contributed by atoms with Gasteiger partial charge in [0.25, 0.3) is 5.91 Å². The van der Waals surface area contributed by atoms with Gasteiger partial charge in [-0.3, -0.25) is 4.79 Å². The predicted molar refractivity (Wildman–Crippen MR) is 83.5 cm³/mol. The highest BCUT2D eigenvalue weighted by atomic mass is 32.1. The number of benzene rings is 1. The van der Waals surface area contributed by atoms with E-state index in [9.17, 15) is 4.79 Å². The third-order valence-corrected chi connectivity index (χ3v) is 3.78. The van der Waals surface area contributed by atoms with Crippen molar-refractivity contribution < 1.29 is 4.79 Å². The molecule has 2 aromatic rings. The van der Waals surface area contributed by atoms with Crippen LogP contribution in [0.4, 0.5) is 11.4 Å². The van der Waals surface area contributed by atoms with Crippen molar-refractivity contribution in [2.75, 3.05) is 24.3 Å². The van der Waals surface area contributed by atoms with Crippen molar-refractivity contribution in [3.8, 4) is 0 Å². The van der Waals surface area contributed by atoms with Crippen LogP contribution in [0.15, 0.2) is 23.6 Å². The van der Waals surface area contributed by atoms with Crippen molar-refractivity contribution in [2.24, 2.45) is 5.73 Å². The molecule has 3 N–H and O–H groups in total. The Morgan fingerprint density at radius 1 is 1.45 bits per heavy atom. The fourth-order valence-corrected chi connectivity index (χ4v) is 2.53. The van der Waals surface area contributed by atoms with Crippen LogP contribution in [0.5, 0.6) is 0 Å². The minimum atomic E-state index is -0.213. The molecule has 0 aliphatic heterocycles. The number of aryl methyl sites for hydroxylation is 1. The smallest absolute Gasteiger partial charge is 0.275 e. The molecule has 1 aromatic heterocycles. The Morgan fingerprint density at radius 2 is 2.20 bits per heavy atom. The van der Waals surface area contributed by atoms with Gasteiger partial charge in [-0.1, -0.05) is 6.07 Å². The van der Waals surface area contributed by atoms with E-state index in [1.54, 1.807) is 5.38 Å². The Labute approximate surface area is 122 Å². The normalized spacial score (nSPS) is 10.4. The molecule has 0 bridgehead atoms. The summed E-state index contributed by atoms with van der Waals surface area (Å²) in [7, 11) is 3.95. The second-order valence-corrected chi connectivity index (χ2v) is 5.62. The molecule has 5 nitrogen and oxygen atoms in total. The molecule has 0 aliphatic rings. The van der Waals surface area contributed by atoms with Gasteiger partial charge in [-0.2, -0.15) is 0 Å². The van der Waals surface area contributed by atoms with Crippen LogP contribution in [-0.4, -0.2) is 25.0 Å². The van der Waals surface area contributed by atoms with Gasteiger partial charge in [0, 0.05) is 37.4 Å². The van der Waals surface area contributed by atoms with E-state index >= 15 is 0 Å². The summed E-state index contributed by atoms with van der Waals surface area (Å²) >= 11 is 1.39. The van der Waals surface area contributed by atoms with Crippen LogP contribution in [-0.2, 0) is 6.54 Å². The third-order valence-electron chi connectivity index (χ3n) is 2.91. The highest BCUT2D eigenvalue weighted by molar-refractivity contribution is 7.09. The third kappa shape index (κ3) is 3.15. The van der Waals surface area contributed by atoms with Crippen LogP contribution in [0.2, 0.25) is 0 Å². The van der Waals surface area contributed by atoms with E-state index in [0.29, 0.717) is 12.2 Å². The fraction of sp³-hybridized carbons (Fsp3) is 0.286. The number of carbonyl (C=O) groups is 1. The van der Waals surface area contributed by atoms with Gasteiger partial charge in [0.15, 0.2) is 0 Å². The largest absolute Gasteiger partial charge is 0.377 e. The van der Waals surface area contributed by atoms with E-state index in [2.05, 4.69) is 10.3 Å². The van der Waals surface area contributed by atoms with E-state index in [4.69, 9.17) is 5.73 Å². The maximum absolute atomic E-state index is 12.1. The molecule has 20 heavy (non-hydrogen) atoms. The fourth-order valence-electron chi connectivity index (χ4n) is 1.87. The van der Waals surface area contributed by atoms with Gasteiger partial charge >= 0.3 is 0 Å². The first-order valence-corrected chi connectivity index (χ1v) is 7.13. The van der Waals surface area contributed by atoms with Crippen molar-refractivity contribution >= 4 is 28.6 Å². The molecule has 0 fully saturated rings. The Balaban J connectivity index is 2.17. The molecule has 0 saturated carbocycles. The Bertz CT molecular complexity index is 621. The first-order chi connectivity index (χ1) is 9.51. The first kappa shape index (κ1) is 14.5. The number of carbonyl (C=O) groups excluding carboxylic acids is 1. The zero-order valence-corrected chi connectivity index (χ0v) is 12.6. The van der Waals surface area contributed by atoms with E-state index < -0.39 is 0 Å². The molecule has 1 aromatic carbocycles. The van der Waals surface area contributed by atoms with Gasteiger partial charge in [-0.05, 0) is 24.6 Å².